The van der Waals surface area contributed by atoms with Crippen LogP contribution in [0.1, 0.15) is 21.7 Å². The Morgan fingerprint density at radius 1 is 1.64 bits per heavy atom. The molecule has 2 heterocycles. The zero-order valence-corrected chi connectivity index (χ0v) is 9.16. The zero-order chi connectivity index (χ0) is 10.1. The van der Waals surface area contributed by atoms with Crippen LogP contribution in [0.3, 0.4) is 0 Å². The standard InChI is InChI=1S/C10H15N3S/c1-7-5-8-6-13(10(11)12)4-2-3-9(8)14-7/h5H,2-4,6H2,1H3,(H3,11,12). The highest BCUT2D eigenvalue weighted by atomic mass is 32.1. The van der Waals surface area contributed by atoms with Gasteiger partial charge in [0.25, 0.3) is 0 Å². The molecule has 3 N–H and O–H groups in total. The SMILES string of the molecule is Cc1cc2c(s1)CCCN(C(=N)N)C2. The molecule has 0 saturated carbocycles. The van der Waals surface area contributed by atoms with E-state index in [2.05, 4.69) is 13.0 Å². The maximum Gasteiger partial charge on any atom is 0.188 e. The monoisotopic (exact) mass is 209 g/mol. The lowest BCUT2D eigenvalue weighted by Crippen LogP contribution is -2.35. The van der Waals surface area contributed by atoms with Gasteiger partial charge in [-0.05, 0) is 31.4 Å². The molecule has 3 nitrogen and oxygen atoms in total. The van der Waals surface area contributed by atoms with Crippen LogP contribution in [-0.4, -0.2) is 17.4 Å². The predicted molar refractivity (Wildman–Crippen MR) is 59.7 cm³/mol. The number of nitrogens with one attached hydrogen (secondary N) is 1. The fraction of sp³-hybridized carbons (Fsp3) is 0.500. The van der Waals surface area contributed by atoms with Gasteiger partial charge in [-0.15, -0.1) is 11.3 Å². The molecule has 4 heteroatoms. The van der Waals surface area contributed by atoms with Gasteiger partial charge in [0.2, 0.25) is 0 Å². The fourth-order valence-electron chi connectivity index (χ4n) is 1.88. The van der Waals surface area contributed by atoms with Gasteiger partial charge in [0.05, 0.1) is 0 Å². The van der Waals surface area contributed by atoms with Crippen LogP contribution >= 0.6 is 11.3 Å². The van der Waals surface area contributed by atoms with E-state index in [-0.39, 0.29) is 5.96 Å². The Bertz CT molecular complexity index is 356. The highest BCUT2D eigenvalue weighted by Gasteiger charge is 2.16. The molecule has 1 aromatic heterocycles. The van der Waals surface area contributed by atoms with Crippen LogP contribution in [0.15, 0.2) is 6.07 Å². The average Bonchev–Trinajstić information content (AvgIpc) is 2.32. The van der Waals surface area contributed by atoms with Gasteiger partial charge in [-0.2, -0.15) is 0 Å². The Hall–Kier alpha value is -1.03. The summed E-state index contributed by atoms with van der Waals surface area (Å²) in [6.07, 6.45) is 2.24. The third kappa shape index (κ3) is 1.75. The average molecular weight is 209 g/mol. The molecule has 1 aromatic rings. The molecule has 0 amide bonds. The zero-order valence-electron chi connectivity index (χ0n) is 8.34. The summed E-state index contributed by atoms with van der Waals surface area (Å²) in [5, 5.41) is 7.44. The molecule has 0 aliphatic carbocycles. The highest BCUT2D eigenvalue weighted by Crippen LogP contribution is 2.26. The first-order valence-electron chi connectivity index (χ1n) is 4.84. The molecule has 1 aliphatic heterocycles. The summed E-state index contributed by atoms with van der Waals surface area (Å²) in [5.74, 6) is 0.196. The van der Waals surface area contributed by atoms with Gasteiger partial charge >= 0.3 is 0 Å². The number of nitrogens with two attached hydrogens (primary N) is 1. The van der Waals surface area contributed by atoms with E-state index in [0.29, 0.717) is 0 Å². The van der Waals surface area contributed by atoms with Crippen molar-refractivity contribution in [2.24, 2.45) is 5.73 Å². The Morgan fingerprint density at radius 2 is 2.43 bits per heavy atom. The van der Waals surface area contributed by atoms with Gasteiger partial charge in [0, 0.05) is 22.8 Å². The molecule has 0 radical (unpaired) electrons. The normalized spacial score (nSPS) is 16.2. The molecule has 0 saturated heterocycles. The Balaban J connectivity index is 2.25. The molecule has 0 atom stereocenters. The second-order valence-electron chi connectivity index (χ2n) is 3.72. The van der Waals surface area contributed by atoms with Gasteiger partial charge in [-0.3, -0.25) is 5.41 Å². The van der Waals surface area contributed by atoms with Crippen molar-refractivity contribution in [2.45, 2.75) is 26.3 Å². The van der Waals surface area contributed by atoms with E-state index in [1.165, 1.54) is 15.3 Å². The largest absolute Gasteiger partial charge is 0.370 e. The first kappa shape index (κ1) is 9.52. The lowest BCUT2D eigenvalue weighted by Gasteiger charge is -2.19. The second kappa shape index (κ2) is 3.61. The Kier molecular flexibility index (Phi) is 2.46. The van der Waals surface area contributed by atoms with E-state index >= 15 is 0 Å². The maximum atomic E-state index is 7.44. The molecular weight excluding hydrogens is 194 g/mol. The van der Waals surface area contributed by atoms with Crippen molar-refractivity contribution in [1.29, 1.82) is 5.41 Å². The summed E-state index contributed by atoms with van der Waals surface area (Å²) >= 11 is 1.88. The van der Waals surface area contributed by atoms with E-state index in [1.807, 2.05) is 16.2 Å². The lowest BCUT2D eigenvalue weighted by molar-refractivity contribution is 0.410. The lowest BCUT2D eigenvalue weighted by atomic mass is 10.2. The van der Waals surface area contributed by atoms with Gasteiger partial charge in [0.1, 0.15) is 0 Å². The first-order valence-corrected chi connectivity index (χ1v) is 5.65. The summed E-state index contributed by atoms with van der Waals surface area (Å²) in [6, 6.07) is 2.22. The third-order valence-corrected chi connectivity index (χ3v) is 3.71. The van der Waals surface area contributed by atoms with Crippen LogP contribution < -0.4 is 5.73 Å². The minimum absolute atomic E-state index is 0.196. The smallest absolute Gasteiger partial charge is 0.188 e. The number of nitrogens with zero attached hydrogens (tertiary/aromatic N) is 1. The number of rotatable bonds is 0. The number of hydrogen-bond donors (Lipinski definition) is 2. The van der Waals surface area contributed by atoms with E-state index in [9.17, 15) is 0 Å². The number of hydrogen-bond acceptors (Lipinski definition) is 2. The van der Waals surface area contributed by atoms with Crippen molar-refractivity contribution in [3.63, 3.8) is 0 Å². The highest BCUT2D eigenvalue weighted by molar-refractivity contribution is 7.12. The summed E-state index contributed by atoms with van der Waals surface area (Å²) in [7, 11) is 0. The van der Waals surface area contributed by atoms with Crippen molar-refractivity contribution in [3.05, 3.63) is 21.4 Å². The van der Waals surface area contributed by atoms with Crippen LogP contribution in [0, 0.1) is 12.3 Å². The molecule has 0 fully saturated rings. The summed E-state index contributed by atoms with van der Waals surface area (Å²) in [5.41, 5.74) is 6.87. The molecule has 0 bridgehead atoms. The minimum atomic E-state index is 0.196. The Labute approximate surface area is 88.0 Å². The number of aryl methyl sites for hydroxylation is 2. The molecule has 2 rings (SSSR count). The molecule has 76 valence electrons. The van der Waals surface area contributed by atoms with Crippen molar-refractivity contribution in [1.82, 2.24) is 4.90 Å². The number of guanidine groups is 1. The molecule has 14 heavy (non-hydrogen) atoms. The number of fused-ring (bicyclic) bond motifs is 1. The van der Waals surface area contributed by atoms with Crippen LogP contribution in [0.5, 0.6) is 0 Å². The second-order valence-corrected chi connectivity index (χ2v) is 5.06. The summed E-state index contributed by atoms with van der Waals surface area (Å²) in [4.78, 5) is 4.78. The summed E-state index contributed by atoms with van der Waals surface area (Å²) in [6.45, 7) is 3.86. The molecular formula is C10H15N3S. The van der Waals surface area contributed by atoms with Gasteiger partial charge in [0.15, 0.2) is 5.96 Å². The number of thiophene rings is 1. The van der Waals surface area contributed by atoms with Crippen molar-refractivity contribution in [2.75, 3.05) is 6.54 Å². The van der Waals surface area contributed by atoms with Gasteiger partial charge in [-0.1, -0.05) is 0 Å². The Morgan fingerprint density at radius 3 is 3.14 bits per heavy atom. The van der Waals surface area contributed by atoms with Crippen LogP contribution in [0.2, 0.25) is 0 Å². The molecule has 1 aliphatic rings. The molecule has 0 spiro atoms. The van der Waals surface area contributed by atoms with E-state index in [0.717, 1.165) is 25.9 Å². The van der Waals surface area contributed by atoms with Crippen molar-refractivity contribution in [3.8, 4) is 0 Å². The topological polar surface area (TPSA) is 53.1 Å². The first-order chi connectivity index (χ1) is 6.66. The minimum Gasteiger partial charge on any atom is -0.370 e. The van der Waals surface area contributed by atoms with Crippen LogP contribution in [0.25, 0.3) is 0 Å². The van der Waals surface area contributed by atoms with Crippen LogP contribution in [0.4, 0.5) is 0 Å². The van der Waals surface area contributed by atoms with Gasteiger partial charge < -0.3 is 10.6 Å². The van der Waals surface area contributed by atoms with Gasteiger partial charge in [-0.25, -0.2) is 0 Å². The molecule has 0 unspecified atom stereocenters. The quantitative estimate of drug-likeness (QED) is 0.505. The van der Waals surface area contributed by atoms with E-state index in [1.54, 1.807) is 0 Å². The van der Waals surface area contributed by atoms with Crippen molar-refractivity contribution >= 4 is 17.3 Å². The van der Waals surface area contributed by atoms with E-state index in [4.69, 9.17) is 11.1 Å². The molecule has 0 aromatic carbocycles. The third-order valence-electron chi connectivity index (χ3n) is 2.55. The predicted octanol–water partition coefficient (Wildman–Crippen LogP) is 1.70. The van der Waals surface area contributed by atoms with E-state index < -0.39 is 0 Å². The van der Waals surface area contributed by atoms with Crippen molar-refractivity contribution < 1.29 is 0 Å². The fourth-order valence-corrected chi connectivity index (χ4v) is 2.97. The summed E-state index contributed by atoms with van der Waals surface area (Å²) < 4.78 is 0. The maximum absolute atomic E-state index is 7.44. The van der Waals surface area contributed by atoms with Crippen LogP contribution in [-0.2, 0) is 13.0 Å².